The van der Waals surface area contributed by atoms with E-state index >= 15 is 0 Å². The van der Waals surface area contributed by atoms with Crippen LogP contribution in [0.2, 0.25) is 0 Å². The Labute approximate surface area is 192 Å². The Hall–Kier alpha value is -3.58. The lowest BCUT2D eigenvalue weighted by atomic mass is 9.93. The number of nitriles is 1. The number of fused-ring (bicyclic) bond motifs is 1. The number of morpholine rings is 1. The summed E-state index contributed by atoms with van der Waals surface area (Å²) in [7, 11) is 1.60. The molecule has 3 aromatic heterocycles. The molecule has 0 radical (unpaired) electrons. The van der Waals surface area contributed by atoms with Crippen molar-refractivity contribution in [3.63, 3.8) is 0 Å². The van der Waals surface area contributed by atoms with Gasteiger partial charge in [-0.25, -0.2) is 14.5 Å². The molecule has 1 aliphatic heterocycles. The molecule has 2 fully saturated rings. The van der Waals surface area contributed by atoms with Gasteiger partial charge in [-0.2, -0.15) is 10.4 Å². The Morgan fingerprint density at radius 3 is 2.58 bits per heavy atom. The Kier molecular flexibility index (Phi) is 6.13. The van der Waals surface area contributed by atoms with Crippen molar-refractivity contribution in [3.8, 4) is 17.6 Å². The molecule has 0 bridgehead atoms. The number of anilines is 2. The average Bonchev–Trinajstić information content (AvgIpc) is 3.30. The number of ether oxygens (including phenoxy) is 3. The third kappa shape index (κ3) is 4.64. The minimum absolute atomic E-state index is 0.0741. The van der Waals surface area contributed by atoms with Gasteiger partial charge in [-0.1, -0.05) is 0 Å². The fourth-order valence-corrected chi connectivity index (χ4v) is 4.42. The molecule has 33 heavy (non-hydrogen) atoms. The van der Waals surface area contributed by atoms with Crippen molar-refractivity contribution in [2.45, 2.75) is 37.8 Å². The van der Waals surface area contributed by atoms with E-state index in [1.165, 1.54) is 0 Å². The first kappa shape index (κ1) is 21.3. The number of hydrogen-bond donors (Lipinski definition) is 1. The van der Waals surface area contributed by atoms with E-state index in [0.717, 1.165) is 50.0 Å². The summed E-state index contributed by atoms with van der Waals surface area (Å²) in [6.45, 7) is 3.04. The number of methoxy groups -OCH3 is 1. The van der Waals surface area contributed by atoms with Crippen LogP contribution < -0.4 is 19.7 Å². The van der Waals surface area contributed by atoms with Gasteiger partial charge in [-0.3, -0.25) is 0 Å². The van der Waals surface area contributed by atoms with Crippen LogP contribution >= 0.6 is 0 Å². The summed E-state index contributed by atoms with van der Waals surface area (Å²) in [6, 6.07) is 4.57. The van der Waals surface area contributed by atoms with E-state index in [2.05, 4.69) is 31.4 Å². The van der Waals surface area contributed by atoms with Gasteiger partial charge < -0.3 is 24.4 Å². The Morgan fingerprint density at radius 1 is 1.12 bits per heavy atom. The molecule has 4 heterocycles. The van der Waals surface area contributed by atoms with E-state index in [1.54, 1.807) is 30.2 Å². The first-order valence-corrected chi connectivity index (χ1v) is 11.3. The number of hydrogen-bond acceptors (Lipinski definition) is 9. The Balaban J connectivity index is 1.28. The largest absolute Gasteiger partial charge is 0.494 e. The molecular formula is C23H27N7O3. The Morgan fingerprint density at radius 2 is 1.88 bits per heavy atom. The van der Waals surface area contributed by atoms with Crippen LogP contribution in [0.25, 0.3) is 5.52 Å². The third-order valence-electron chi connectivity index (χ3n) is 6.22. The second kappa shape index (κ2) is 9.50. The van der Waals surface area contributed by atoms with Gasteiger partial charge in [-0.15, -0.1) is 0 Å². The monoisotopic (exact) mass is 449 g/mol. The van der Waals surface area contributed by atoms with E-state index in [9.17, 15) is 5.26 Å². The van der Waals surface area contributed by atoms with Crippen LogP contribution in [0.4, 0.5) is 11.6 Å². The third-order valence-corrected chi connectivity index (χ3v) is 6.22. The second-order valence-corrected chi connectivity index (χ2v) is 8.31. The van der Waals surface area contributed by atoms with Gasteiger partial charge in [-0.05, 0) is 25.7 Å². The highest BCUT2D eigenvalue weighted by Gasteiger charge is 2.25. The van der Waals surface area contributed by atoms with Gasteiger partial charge >= 0.3 is 0 Å². The van der Waals surface area contributed by atoms with Gasteiger partial charge in [0.2, 0.25) is 5.95 Å². The summed E-state index contributed by atoms with van der Waals surface area (Å²) >= 11 is 0. The molecule has 3 aromatic rings. The molecule has 1 saturated heterocycles. The van der Waals surface area contributed by atoms with Crippen LogP contribution in [0.3, 0.4) is 0 Å². The summed E-state index contributed by atoms with van der Waals surface area (Å²) < 4.78 is 18.8. The standard InChI is InChI=1S/C23H27N7O3/c1-31-20-13-25-23(26-14-20)28-17-2-4-19(5-3-17)33-21-10-18(29-6-8-32-9-7-29)15-30-22(21)16(11-24)12-27-30/h10,12-15,17,19H,2-9H2,1H3,(H,25,26,28)/t17-,19+. The van der Waals surface area contributed by atoms with Crippen molar-refractivity contribution in [1.82, 2.24) is 19.6 Å². The molecule has 0 aromatic carbocycles. The van der Waals surface area contributed by atoms with Crippen molar-refractivity contribution in [2.24, 2.45) is 0 Å². The van der Waals surface area contributed by atoms with Gasteiger partial charge in [0.25, 0.3) is 0 Å². The molecule has 0 atom stereocenters. The fraction of sp³-hybridized carbons (Fsp3) is 0.478. The average molecular weight is 450 g/mol. The lowest BCUT2D eigenvalue weighted by Crippen LogP contribution is -2.36. The zero-order valence-electron chi connectivity index (χ0n) is 18.6. The maximum Gasteiger partial charge on any atom is 0.223 e. The van der Waals surface area contributed by atoms with E-state index in [4.69, 9.17) is 14.2 Å². The molecule has 0 amide bonds. The highest BCUT2D eigenvalue weighted by Crippen LogP contribution is 2.33. The number of pyridine rings is 1. The van der Waals surface area contributed by atoms with Gasteiger partial charge in [0, 0.05) is 25.2 Å². The zero-order chi connectivity index (χ0) is 22.6. The van der Waals surface area contributed by atoms with Crippen molar-refractivity contribution in [1.29, 1.82) is 5.26 Å². The first-order chi connectivity index (χ1) is 16.2. The summed E-state index contributed by atoms with van der Waals surface area (Å²) in [6.07, 6.45) is 10.7. The molecule has 1 saturated carbocycles. The number of nitrogens with zero attached hydrogens (tertiary/aromatic N) is 6. The summed E-state index contributed by atoms with van der Waals surface area (Å²) in [5, 5.41) is 17.4. The van der Waals surface area contributed by atoms with Crippen LogP contribution in [0.1, 0.15) is 31.2 Å². The molecular weight excluding hydrogens is 422 g/mol. The summed E-state index contributed by atoms with van der Waals surface area (Å²) in [4.78, 5) is 10.9. The lowest BCUT2D eigenvalue weighted by molar-refractivity contribution is 0.122. The van der Waals surface area contributed by atoms with Crippen LogP contribution in [0, 0.1) is 11.3 Å². The lowest BCUT2D eigenvalue weighted by Gasteiger charge is -2.31. The van der Waals surface area contributed by atoms with Crippen molar-refractivity contribution in [2.75, 3.05) is 43.6 Å². The van der Waals surface area contributed by atoms with Crippen LogP contribution in [-0.2, 0) is 4.74 Å². The van der Waals surface area contributed by atoms with E-state index in [1.807, 2.05) is 12.3 Å². The molecule has 0 spiro atoms. The molecule has 0 unspecified atom stereocenters. The number of rotatable bonds is 6. The highest BCUT2D eigenvalue weighted by atomic mass is 16.5. The highest BCUT2D eigenvalue weighted by molar-refractivity contribution is 5.72. The molecule has 10 heteroatoms. The van der Waals surface area contributed by atoms with Crippen molar-refractivity contribution < 1.29 is 14.2 Å². The SMILES string of the molecule is COc1cnc(N[C@H]2CC[C@@H](Oc3cc(N4CCOCC4)cn4ncc(C#N)c34)CC2)nc1. The molecule has 1 aliphatic carbocycles. The number of aromatic nitrogens is 4. The topological polar surface area (TPSA) is 110 Å². The second-order valence-electron chi connectivity index (χ2n) is 8.31. The van der Waals surface area contributed by atoms with Gasteiger partial charge in [0.05, 0.1) is 56.9 Å². The van der Waals surface area contributed by atoms with Gasteiger partial charge in [0.1, 0.15) is 22.9 Å². The molecule has 172 valence electrons. The Bertz CT molecular complexity index is 1130. The maximum absolute atomic E-state index is 9.57. The quantitative estimate of drug-likeness (QED) is 0.607. The number of nitrogens with one attached hydrogen (secondary N) is 1. The predicted molar refractivity (Wildman–Crippen MR) is 122 cm³/mol. The normalized spacial score (nSPS) is 20.9. The smallest absolute Gasteiger partial charge is 0.223 e. The van der Waals surface area contributed by atoms with Gasteiger partial charge in [0.15, 0.2) is 5.75 Å². The van der Waals surface area contributed by atoms with Crippen LogP contribution in [0.5, 0.6) is 11.5 Å². The van der Waals surface area contributed by atoms with E-state index < -0.39 is 0 Å². The van der Waals surface area contributed by atoms with Crippen molar-refractivity contribution >= 4 is 17.2 Å². The van der Waals surface area contributed by atoms with E-state index in [0.29, 0.717) is 42.3 Å². The summed E-state index contributed by atoms with van der Waals surface area (Å²) in [5.74, 6) is 1.96. The van der Waals surface area contributed by atoms with Crippen LogP contribution in [-0.4, -0.2) is 65.1 Å². The molecule has 10 nitrogen and oxygen atoms in total. The van der Waals surface area contributed by atoms with Crippen molar-refractivity contribution in [3.05, 3.63) is 36.4 Å². The molecule has 2 aliphatic rings. The van der Waals surface area contributed by atoms with Crippen LogP contribution in [0.15, 0.2) is 30.9 Å². The summed E-state index contributed by atoms with van der Waals surface area (Å²) in [5.41, 5.74) is 2.27. The zero-order valence-corrected chi connectivity index (χ0v) is 18.6. The fourth-order valence-electron chi connectivity index (χ4n) is 4.42. The first-order valence-electron chi connectivity index (χ1n) is 11.3. The van der Waals surface area contributed by atoms with E-state index in [-0.39, 0.29) is 6.10 Å². The molecule has 5 rings (SSSR count). The minimum atomic E-state index is 0.0741. The maximum atomic E-state index is 9.57. The molecule has 1 N–H and O–H groups in total. The minimum Gasteiger partial charge on any atom is -0.494 e. The predicted octanol–water partition coefficient (Wildman–Crippen LogP) is 2.64.